The van der Waals surface area contributed by atoms with Gasteiger partial charge in [0, 0.05) is 50.6 Å². The Morgan fingerprint density at radius 2 is 2.06 bits per heavy atom. The molecule has 1 aromatic heterocycles. The number of aromatic nitrogens is 1. The molecular weight excluding hydrogens is 451 g/mol. The number of aliphatic hydroxyl groups excluding tert-OH is 1. The molecule has 4 rings (SSSR count). The number of carbonyl (C=O) groups excluding carboxylic acids is 1. The van der Waals surface area contributed by atoms with Gasteiger partial charge in [0.05, 0.1) is 12.3 Å². The molecule has 2 N–H and O–H groups in total. The van der Waals surface area contributed by atoms with Gasteiger partial charge in [-0.2, -0.15) is 0 Å². The number of rotatable bonds is 4. The molecule has 3 aromatic rings. The molecule has 2 aromatic carbocycles. The second-order valence-electron chi connectivity index (χ2n) is 7.81. The smallest absolute Gasteiger partial charge is 0.257 e. The van der Waals surface area contributed by atoms with Gasteiger partial charge >= 0.3 is 0 Å². The molecule has 0 fully saturated rings. The van der Waals surface area contributed by atoms with E-state index in [1.165, 1.54) is 23.9 Å². The van der Waals surface area contributed by atoms with E-state index in [4.69, 9.17) is 11.6 Å². The SMILES string of the molecule is Cc1cc(=O)c(C(=O)NC(C)CO)c2n1-c1ccc(Cl)cc1SC(c1ccccc1F)C2. The first kappa shape index (κ1) is 22.6. The lowest BCUT2D eigenvalue weighted by atomic mass is 10.0. The van der Waals surface area contributed by atoms with Gasteiger partial charge in [0.2, 0.25) is 0 Å². The van der Waals surface area contributed by atoms with Gasteiger partial charge in [-0.3, -0.25) is 9.59 Å². The van der Waals surface area contributed by atoms with Gasteiger partial charge in [-0.25, -0.2) is 4.39 Å². The molecular formula is C24H22ClFN2O3S. The molecule has 8 heteroatoms. The molecule has 166 valence electrons. The summed E-state index contributed by atoms with van der Waals surface area (Å²) in [6.07, 6.45) is 0.255. The van der Waals surface area contributed by atoms with Crippen molar-refractivity contribution in [2.75, 3.05) is 6.61 Å². The van der Waals surface area contributed by atoms with Crippen molar-refractivity contribution in [1.82, 2.24) is 9.88 Å². The number of pyridine rings is 1. The number of carbonyl (C=O) groups is 1. The largest absolute Gasteiger partial charge is 0.394 e. The molecule has 5 nitrogen and oxygen atoms in total. The predicted molar refractivity (Wildman–Crippen MR) is 125 cm³/mol. The summed E-state index contributed by atoms with van der Waals surface area (Å²) in [6.45, 7) is 3.20. The number of fused-ring (bicyclic) bond motifs is 3. The van der Waals surface area contributed by atoms with Crippen LogP contribution in [0.1, 0.15) is 39.5 Å². The van der Waals surface area contributed by atoms with Gasteiger partial charge in [0.15, 0.2) is 5.43 Å². The van der Waals surface area contributed by atoms with Crippen molar-refractivity contribution in [1.29, 1.82) is 0 Å². The molecule has 2 heterocycles. The lowest BCUT2D eigenvalue weighted by molar-refractivity contribution is 0.0919. The third-order valence-corrected chi connectivity index (χ3v) is 6.96. The number of halogens is 2. The predicted octanol–water partition coefficient (Wildman–Crippen LogP) is 4.44. The van der Waals surface area contributed by atoms with Crippen molar-refractivity contribution in [3.05, 3.63) is 92.1 Å². The normalized spacial score (nSPS) is 16.0. The average Bonchev–Trinajstić information content (AvgIpc) is 2.90. The molecule has 0 radical (unpaired) electrons. The Hall–Kier alpha value is -2.61. The quantitative estimate of drug-likeness (QED) is 0.589. The van der Waals surface area contributed by atoms with E-state index >= 15 is 0 Å². The van der Waals surface area contributed by atoms with Crippen LogP contribution in [0.5, 0.6) is 0 Å². The van der Waals surface area contributed by atoms with Gasteiger partial charge in [0.1, 0.15) is 11.4 Å². The number of hydrogen-bond acceptors (Lipinski definition) is 4. The maximum Gasteiger partial charge on any atom is 0.257 e. The van der Waals surface area contributed by atoms with Crippen LogP contribution in [0, 0.1) is 12.7 Å². The molecule has 0 saturated carbocycles. The minimum atomic E-state index is -0.560. The number of benzene rings is 2. The molecule has 1 amide bonds. The summed E-state index contributed by atoms with van der Waals surface area (Å²) < 4.78 is 16.6. The molecule has 2 unspecified atom stereocenters. The minimum absolute atomic E-state index is 0.000592. The lowest BCUT2D eigenvalue weighted by Crippen LogP contribution is -2.39. The zero-order chi connectivity index (χ0) is 23.0. The second-order valence-corrected chi connectivity index (χ2v) is 9.49. The maximum absolute atomic E-state index is 14.8. The number of amides is 1. The number of nitrogens with one attached hydrogen (secondary N) is 1. The van der Waals surface area contributed by atoms with Crippen LogP contribution in [0.3, 0.4) is 0 Å². The van der Waals surface area contributed by atoms with Crippen LogP contribution < -0.4 is 10.7 Å². The highest BCUT2D eigenvalue weighted by molar-refractivity contribution is 7.99. The first-order valence-electron chi connectivity index (χ1n) is 10.2. The summed E-state index contributed by atoms with van der Waals surface area (Å²) in [4.78, 5) is 26.9. The summed E-state index contributed by atoms with van der Waals surface area (Å²) in [5.41, 5.74) is 2.01. The Labute approximate surface area is 194 Å². The zero-order valence-electron chi connectivity index (χ0n) is 17.6. The van der Waals surface area contributed by atoms with Gasteiger partial charge in [-0.15, -0.1) is 11.8 Å². The van der Waals surface area contributed by atoms with E-state index in [0.717, 1.165) is 10.6 Å². The Kier molecular flexibility index (Phi) is 6.42. The fourth-order valence-electron chi connectivity index (χ4n) is 3.95. The Balaban J connectivity index is 1.99. The van der Waals surface area contributed by atoms with Crippen molar-refractivity contribution >= 4 is 29.3 Å². The van der Waals surface area contributed by atoms with E-state index in [9.17, 15) is 19.1 Å². The molecule has 0 spiro atoms. The number of aryl methyl sites for hydroxylation is 1. The fraction of sp³-hybridized carbons (Fsp3) is 0.250. The standard InChI is InChI=1S/C24H22ClFN2O3S/c1-13(12-29)27-24(31)23-19-11-21(16-5-3-4-6-17(16)26)32-22-10-15(25)7-8-18(22)28(19)14(2)9-20(23)30/h3-10,13,21,29H,11-12H2,1-2H3,(H,27,31). The van der Waals surface area contributed by atoms with Crippen LogP contribution >= 0.6 is 23.4 Å². The van der Waals surface area contributed by atoms with E-state index in [-0.39, 0.29) is 29.7 Å². The molecule has 0 bridgehead atoms. The monoisotopic (exact) mass is 472 g/mol. The molecule has 1 aliphatic heterocycles. The number of hydrogen-bond donors (Lipinski definition) is 2. The van der Waals surface area contributed by atoms with Gasteiger partial charge in [0.25, 0.3) is 5.91 Å². The first-order valence-corrected chi connectivity index (χ1v) is 11.4. The number of thioether (sulfide) groups is 1. The van der Waals surface area contributed by atoms with Crippen molar-refractivity contribution < 1.29 is 14.3 Å². The minimum Gasteiger partial charge on any atom is -0.394 e. The first-order chi connectivity index (χ1) is 15.3. The molecule has 0 aliphatic carbocycles. The van der Waals surface area contributed by atoms with Crippen LogP contribution in [0.25, 0.3) is 5.69 Å². The lowest BCUT2D eigenvalue weighted by Gasteiger charge is -2.21. The Morgan fingerprint density at radius 1 is 1.31 bits per heavy atom. The summed E-state index contributed by atoms with van der Waals surface area (Å²) in [6, 6.07) is 12.8. The number of nitrogens with zero attached hydrogens (tertiary/aromatic N) is 1. The van der Waals surface area contributed by atoms with Crippen LogP contribution in [0.2, 0.25) is 5.02 Å². The van der Waals surface area contributed by atoms with Crippen LogP contribution in [0.4, 0.5) is 4.39 Å². The van der Waals surface area contributed by atoms with E-state index in [0.29, 0.717) is 22.0 Å². The topological polar surface area (TPSA) is 71.3 Å². The fourth-order valence-corrected chi connectivity index (χ4v) is 5.53. The maximum atomic E-state index is 14.8. The van der Waals surface area contributed by atoms with E-state index in [1.807, 2.05) is 16.7 Å². The third kappa shape index (κ3) is 4.20. The third-order valence-electron chi connectivity index (χ3n) is 5.44. The van der Waals surface area contributed by atoms with E-state index in [2.05, 4.69) is 5.32 Å². The highest BCUT2D eigenvalue weighted by Gasteiger charge is 2.30. The van der Waals surface area contributed by atoms with Gasteiger partial charge < -0.3 is 15.0 Å². The molecule has 0 saturated heterocycles. The van der Waals surface area contributed by atoms with Crippen molar-refractivity contribution in [3.63, 3.8) is 0 Å². The summed E-state index contributed by atoms with van der Waals surface area (Å²) in [5.74, 6) is -0.910. The van der Waals surface area contributed by atoms with Crippen LogP contribution in [-0.4, -0.2) is 28.2 Å². The zero-order valence-corrected chi connectivity index (χ0v) is 19.1. The summed E-state index contributed by atoms with van der Waals surface area (Å²) in [5, 5.41) is 12.2. The van der Waals surface area contributed by atoms with Crippen molar-refractivity contribution in [2.45, 2.75) is 36.5 Å². The summed E-state index contributed by atoms with van der Waals surface area (Å²) in [7, 11) is 0. The van der Waals surface area contributed by atoms with E-state index < -0.39 is 17.4 Å². The van der Waals surface area contributed by atoms with Crippen molar-refractivity contribution in [3.8, 4) is 5.69 Å². The van der Waals surface area contributed by atoms with Crippen molar-refractivity contribution in [2.24, 2.45) is 0 Å². The van der Waals surface area contributed by atoms with Crippen LogP contribution in [-0.2, 0) is 6.42 Å². The molecule has 2 atom stereocenters. The molecule has 1 aliphatic rings. The van der Waals surface area contributed by atoms with Gasteiger partial charge in [-0.05, 0) is 38.1 Å². The van der Waals surface area contributed by atoms with E-state index in [1.54, 1.807) is 38.1 Å². The average molecular weight is 473 g/mol. The second kappa shape index (κ2) is 9.10. The number of aliphatic hydroxyl groups is 1. The van der Waals surface area contributed by atoms with Crippen LogP contribution in [0.15, 0.2) is 58.2 Å². The Bertz CT molecular complexity index is 1260. The summed E-state index contributed by atoms with van der Waals surface area (Å²) >= 11 is 7.72. The Morgan fingerprint density at radius 3 is 2.78 bits per heavy atom. The highest BCUT2D eigenvalue weighted by Crippen LogP contribution is 2.45. The molecule has 32 heavy (non-hydrogen) atoms. The highest BCUT2D eigenvalue weighted by atomic mass is 35.5. The van der Waals surface area contributed by atoms with Gasteiger partial charge in [-0.1, -0.05) is 29.8 Å².